The zero-order valence-corrected chi connectivity index (χ0v) is 17.3. The summed E-state index contributed by atoms with van der Waals surface area (Å²) in [6.07, 6.45) is 0.536. The zero-order chi connectivity index (χ0) is 21.3. The Morgan fingerprint density at radius 3 is 2.67 bits per heavy atom. The lowest BCUT2D eigenvalue weighted by molar-refractivity contribution is -0.120. The van der Waals surface area contributed by atoms with E-state index in [-0.39, 0.29) is 31.8 Å². The largest absolute Gasteiger partial charge is 0.309 e. The minimum Gasteiger partial charge on any atom is -0.309 e. The predicted molar refractivity (Wildman–Crippen MR) is 108 cm³/mol. The molecule has 11 heteroatoms. The van der Waals surface area contributed by atoms with Crippen molar-refractivity contribution in [1.29, 1.82) is 0 Å². The van der Waals surface area contributed by atoms with Crippen LogP contribution >= 0.6 is 11.3 Å². The molecular weight excluding hydrogens is 434 g/mol. The second kappa shape index (κ2) is 8.25. The van der Waals surface area contributed by atoms with Gasteiger partial charge in [0.2, 0.25) is 15.9 Å². The molecule has 2 N–H and O–H groups in total. The number of thiophene rings is 1. The highest BCUT2D eigenvalue weighted by atomic mass is 32.2. The van der Waals surface area contributed by atoms with Crippen molar-refractivity contribution in [2.45, 2.75) is 17.7 Å². The standard InChI is InChI=1S/C19H18F2N4O3S2/c20-13-3-4-14(21)17(10-13)30(27,28)25-7-5-12(6-8-25)19(26)22-18-11-15(23-24-18)16-2-1-9-29-16/h1-4,9-12H,5-8H2,(H2,22,23,24,26). The Labute approximate surface area is 175 Å². The van der Waals surface area contributed by atoms with E-state index in [1.165, 1.54) is 0 Å². The maximum atomic E-state index is 13.9. The summed E-state index contributed by atoms with van der Waals surface area (Å²) in [7, 11) is -4.17. The quantitative estimate of drug-likeness (QED) is 0.620. The molecule has 1 aromatic carbocycles. The van der Waals surface area contributed by atoms with Crippen LogP contribution in [0.15, 0.2) is 46.7 Å². The summed E-state index contributed by atoms with van der Waals surface area (Å²) in [5.41, 5.74) is 0.790. The van der Waals surface area contributed by atoms with Gasteiger partial charge in [-0.15, -0.1) is 11.3 Å². The number of carbonyl (C=O) groups excluding carboxylic acids is 1. The SMILES string of the molecule is O=C(Nc1cc(-c2cccs2)[nH]n1)C1CCN(S(=O)(=O)c2cc(F)ccc2F)CC1. The van der Waals surface area contributed by atoms with Crippen LogP contribution in [0.2, 0.25) is 0 Å². The van der Waals surface area contributed by atoms with Crippen LogP contribution < -0.4 is 5.32 Å². The van der Waals surface area contributed by atoms with Gasteiger partial charge in [0.25, 0.3) is 0 Å². The van der Waals surface area contributed by atoms with Crippen LogP contribution in [0.25, 0.3) is 10.6 Å². The molecule has 3 heterocycles. The third-order valence-corrected chi connectivity index (χ3v) is 7.77. The molecule has 2 aromatic heterocycles. The molecule has 0 unspecified atom stereocenters. The lowest BCUT2D eigenvalue weighted by Gasteiger charge is -2.30. The molecule has 158 valence electrons. The van der Waals surface area contributed by atoms with E-state index in [2.05, 4.69) is 15.5 Å². The van der Waals surface area contributed by atoms with E-state index in [4.69, 9.17) is 0 Å². The Bertz CT molecular complexity index is 1150. The molecule has 0 aliphatic carbocycles. The van der Waals surface area contributed by atoms with Crippen LogP contribution in [-0.4, -0.2) is 41.9 Å². The first-order valence-electron chi connectivity index (χ1n) is 9.20. The van der Waals surface area contributed by atoms with Gasteiger partial charge in [-0.05, 0) is 42.5 Å². The molecule has 0 atom stereocenters. The molecule has 0 radical (unpaired) electrons. The van der Waals surface area contributed by atoms with Gasteiger partial charge in [0.15, 0.2) is 5.82 Å². The fourth-order valence-corrected chi connectivity index (χ4v) is 5.58. The van der Waals surface area contributed by atoms with Gasteiger partial charge in [0, 0.05) is 25.1 Å². The van der Waals surface area contributed by atoms with Crippen molar-refractivity contribution in [1.82, 2.24) is 14.5 Å². The molecule has 1 amide bonds. The number of H-pyrrole nitrogens is 1. The van der Waals surface area contributed by atoms with Crippen LogP contribution in [0.3, 0.4) is 0 Å². The van der Waals surface area contributed by atoms with Crippen molar-refractivity contribution < 1.29 is 22.0 Å². The smallest absolute Gasteiger partial charge is 0.246 e. The zero-order valence-electron chi connectivity index (χ0n) is 15.6. The van der Waals surface area contributed by atoms with E-state index in [0.29, 0.717) is 11.9 Å². The van der Waals surface area contributed by atoms with Gasteiger partial charge in [-0.2, -0.15) is 9.40 Å². The molecule has 1 aliphatic heterocycles. The van der Waals surface area contributed by atoms with E-state index >= 15 is 0 Å². The molecule has 1 saturated heterocycles. The van der Waals surface area contributed by atoms with Crippen molar-refractivity contribution in [2.75, 3.05) is 18.4 Å². The van der Waals surface area contributed by atoms with Gasteiger partial charge < -0.3 is 5.32 Å². The van der Waals surface area contributed by atoms with Crippen LogP contribution in [0.5, 0.6) is 0 Å². The molecular formula is C19H18F2N4O3S2. The van der Waals surface area contributed by atoms with Gasteiger partial charge in [-0.25, -0.2) is 17.2 Å². The minimum absolute atomic E-state index is 0.0391. The topological polar surface area (TPSA) is 95.2 Å². The molecule has 1 fully saturated rings. The summed E-state index contributed by atoms with van der Waals surface area (Å²) >= 11 is 1.54. The lowest BCUT2D eigenvalue weighted by atomic mass is 9.97. The summed E-state index contributed by atoms with van der Waals surface area (Å²) in [6, 6.07) is 7.90. The fourth-order valence-electron chi connectivity index (χ4n) is 3.34. The van der Waals surface area contributed by atoms with E-state index in [1.807, 2.05) is 17.5 Å². The van der Waals surface area contributed by atoms with Gasteiger partial charge in [-0.1, -0.05) is 6.07 Å². The number of halogens is 2. The number of piperidine rings is 1. The molecule has 7 nitrogen and oxygen atoms in total. The third kappa shape index (κ3) is 4.13. The van der Waals surface area contributed by atoms with E-state index in [1.54, 1.807) is 17.4 Å². The lowest BCUT2D eigenvalue weighted by Crippen LogP contribution is -2.41. The number of aromatic amines is 1. The number of sulfonamides is 1. The van der Waals surface area contributed by atoms with Crippen molar-refractivity contribution in [3.8, 4) is 10.6 Å². The van der Waals surface area contributed by atoms with Crippen LogP contribution in [0.4, 0.5) is 14.6 Å². The number of hydrogen-bond donors (Lipinski definition) is 2. The number of nitrogens with one attached hydrogen (secondary N) is 2. The Kier molecular flexibility index (Phi) is 5.67. The number of anilines is 1. The van der Waals surface area contributed by atoms with Crippen molar-refractivity contribution in [3.05, 3.63) is 53.4 Å². The molecule has 4 rings (SSSR count). The van der Waals surface area contributed by atoms with Crippen molar-refractivity contribution in [3.63, 3.8) is 0 Å². The van der Waals surface area contributed by atoms with Gasteiger partial charge in [0.05, 0.1) is 10.6 Å². The number of amides is 1. The highest BCUT2D eigenvalue weighted by Gasteiger charge is 2.34. The van der Waals surface area contributed by atoms with Crippen LogP contribution in [0, 0.1) is 17.6 Å². The second-order valence-electron chi connectivity index (χ2n) is 6.89. The first-order chi connectivity index (χ1) is 14.3. The average molecular weight is 453 g/mol. The van der Waals surface area contributed by atoms with E-state index in [9.17, 15) is 22.0 Å². The Hall–Kier alpha value is -2.63. The van der Waals surface area contributed by atoms with Gasteiger partial charge in [0.1, 0.15) is 16.5 Å². The summed E-state index contributed by atoms with van der Waals surface area (Å²) in [4.78, 5) is 12.8. The average Bonchev–Trinajstić information content (AvgIpc) is 3.41. The highest BCUT2D eigenvalue weighted by Crippen LogP contribution is 2.28. The number of carbonyl (C=O) groups is 1. The van der Waals surface area contributed by atoms with Gasteiger partial charge >= 0.3 is 0 Å². The monoisotopic (exact) mass is 452 g/mol. The van der Waals surface area contributed by atoms with Crippen molar-refractivity contribution >= 4 is 33.1 Å². The summed E-state index contributed by atoms with van der Waals surface area (Å²) in [6.45, 7) is 0.0781. The number of nitrogens with zero attached hydrogens (tertiary/aromatic N) is 2. The maximum absolute atomic E-state index is 13.9. The normalized spacial score (nSPS) is 15.9. The summed E-state index contributed by atoms with van der Waals surface area (Å²) in [5.74, 6) is -2.11. The highest BCUT2D eigenvalue weighted by molar-refractivity contribution is 7.89. The number of aromatic nitrogens is 2. The van der Waals surface area contributed by atoms with Crippen LogP contribution in [0.1, 0.15) is 12.8 Å². The molecule has 1 aliphatic rings. The molecule has 3 aromatic rings. The third-order valence-electron chi connectivity index (χ3n) is 4.95. The number of benzene rings is 1. The first kappa shape index (κ1) is 20.6. The first-order valence-corrected chi connectivity index (χ1v) is 11.5. The number of rotatable bonds is 5. The Morgan fingerprint density at radius 1 is 1.20 bits per heavy atom. The van der Waals surface area contributed by atoms with Crippen LogP contribution in [-0.2, 0) is 14.8 Å². The Morgan fingerprint density at radius 2 is 1.97 bits per heavy atom. The molecule has 0 bridgehead atoms. The predicted octanol–water partition coefficient (Wildman–Crippen LogP) is 3.46. The second-order valence-corrected chi connectivity index (χ2v) is 9.74. The van der Waals surface area contributed by atoms with E-state index < -0.39 is 32.5 Å². The Balaban J connectivity index is 1.38. The molecule has 0 spiro atoms. The van der Waals surface area contributed by atoms with Crippen molar-refractivity contribution in [2.24, 2.45) is 5.92 Å². The maximum Gasteiger partial charge on any atom is 0.246 e. The number of hydrogen-bond acceptors (Lipinski definition) is 5. The van der Waals surface area contributed by atoms with Gasteiger partial charge in [-0.3, -0.25) is 9.89 Å². The van der Waals surface area contributed by atoms with E-state index in [0.717, 1.165) is 27.0 Å². The molecule has 30 heavy (non-hydrogen) atoms. The fraction of sp³-hybridized carbons (Fsp3) is 0.263. The summed E-state index contributed by atoms with van der Waals surface area (Å²) < 4.78 is 53.7. The minimum atomic E-state index is -4.17. The summed E-state index contributed by atoms with van der Waals surface area (Å²) in [5, 5.41) is 11.6. The molecule has 0 saturated carbocycles.